The standard InChI is InChI=1S/C21H20Cl2N2O3S2/c1-28-17(26)6-7-29-10-13-12-5-3-2-4-11(12)8-14(13)25-21(27)15-9-16-19(24-15)18(22)20(23)30-16/h2-5,9,13-14,24H,6-8,10H2,1H3,(H,25,27)/t13-,14?/m1/s1. The molecule has 2 N–H and O–H groups in total. The van der Waals surface area contributed by atoms with E-state index in [9.17, 15) is 9.59 Å². The first-order valence-corrected chi connectivity index (χ1v) is 12.2. The Morgan fingerprint density at radius 2 is 2.13 bits per heavy atom. The van der Waals surface area contributed by atoms with Crippen LogP contribution < -0.4 is 5.32 Å². The van der Waals surface area contributed by atoms with Crippen molar-refractivity contribution in [1.29, 1.82) is 0 Å². The highest BCUT2D eigenvalue weighted by molar-refractivity contribution is 7.99. The number of amides is 1. The first kappa shape index (κ1) is 21.6. The van der Waals surface area contributed by atoms with Gasteiger partial charge in [0.15, 0.2) is 0 Å². The summed E-state index contributed by atoms with van der Waals surface area (Å²) in [7, 11) is 1.40. The Kier molecular flexibility index (Phi) is 6.63. The van der Waals surface area contributed by atoms with Gasteiger partial charge in [-0.1, -0.05) is 47.5 Å². The maximum atomic E-state index is 12.9. The smallest absolute Gasteiger partial charge is 0.306 e. The highest BCUT2D eigenvalue weighted by atomic mass is 35.5. The third kappa shape index (κ3) is 4.35. The van der Waals surface area contributed by atoms with Gasteiger partial charge in [-0.15, -0.1) is 11.3 Å². The van der Waals surface area contributed by atoms with Gasteiger partial charge in [-0.2, -0.15) is 11.8 Å². The summed E-state index contributed by atoms with van der Waals surface area (Å²) >= 11 is 15.3. The van der Waals surface area contributed by atoms with Crippen LogP contribution in [0, 0.1) is 0 Å². The van der Waals surface area contributed by atoms with Gasteiger partial charge in [-0.05, 0) is 23.6 Å². The van der Waals surface area contributed by atoms with E-state index in [0.717, 1.165) is 16.9 Å². The average Bonchev–Trinajstić information content (AvgIpc) is 3.38. The molecule has 4 rings (SSSR count). The number of rotatable bonds is 7. The van der Waals surface area contributed by atoms with Crippen LogP contribution in [0.4, 0.5) is 0 Å². The highest BCUT2D eigenvalue weighted by Gasteiger charge is 2.33. The molecule has 0 radical (unpaired) electrons. The lowest BCUT2D eigenvalue weighted by atomic mass is 10.0. The first-order valence-electron chi connectivity index (χ1n) is 9.47. The molecule has 30 heavy (non-hydrogen) atoms. The molecule has 158 valence electrons. The number of benzene rings is 1. The Bertz CT molecular complexity index is 1100. The van der Waals surface area contributed by atoms with Crippen LogP contribution in [0.5, 0.6) is 0 Å². The Labute approximate surface area is 192 Å². The molecule has 1 amide bonds. The average molecular weight is 483 g/mol. The molecule has 1 aromatic carbocycles. The molecule has 1 unspecified atom stereocenters. The number of hydrogen-bond acceptors (Lipinski definition) is 5. The molecule has 2 heterocycles. The van der Waals surface area contributed by atoms with Crippen molar-refractivity contribution in [3.63, 3.8) is 0 Å². The van der Waals surface area contributed by atoms with Gasteiger partial charge in [0.2, 0.25) is 0 Å². The van der Waals surface area contributed by atoms with Crippen molar-refractivity contribution in [1.82, 2.24) is 10.3 Å². The van der Waals surface area contributed by atoms with E-state index in [2.05, 4.69) is 22.4 Å². The van der Waals surface area contributed by atoms with E-state index in [1.165, 1.54) is 29.6 Å². The van der Waals surface area contributed by atoms with Crippen molar-refractivity contribution in [3.8, 4) is 0 Å². The van der Waals surface area contributed by atoms with Gasteiger partial charge in [-0.25, -0.2) is 0 Å². The van der Waals surface area contributed by atoms with Gasteiger partial charge in [-0.3, -0.25) is 9.59 Å². The number of aromatic amines is 1. The zero-order chi connectivity index (χ0) is 21.3. The molecular weight excluding hydrogens is 463 g/mol. The number of carbonyl (C=O) groups is 2. The van der Waals surface area contributed by atoms with Crippen LogP contribution in [0.15, 0.2) is 30.3 Å². The van der Waals surface area contributed by atoms with Crippen LogP contribution in [-0.2, 0) is 16.0 Å². The van der Waals surface area contributed by atoms with Gasteiger partial charge in [0.1, 0.15) is 10.0 Å². The fraction of sp³-hybridized carbons (Fsp3) is 0.333. The number of carbonyl (C=O) groups excluding carboxylic acids is 2. The lowest BCUT2D eigenvalue weighted by molar-refractivity contribution is -0.140. The van der Waals surface area contributed by atoms with Crippen molar-refractivity contribution in [2.75, 3.05) is 18.6 Å². The van der Waals surface area contributed by atoms with Crippen LogP contribution in [0.1, 0.15) is 34.0 Å². The molecule has 0 saturated heterocycles. The van der Waals surface area contributed by atoms with Crippen molar-refractivity contribution in [2.45, 2.75) is 24.8 Å². The van der Waals surface area contributed by atoms with Crippen molar-refractivity contribution in [2.24, 2.45) is 0 Å². The number of fused-ring (bicyclic) bond motifs is 2. The summed E-state index contributed by atoms with van der Waals surface area (Å²) < 4.78 is 6.08. The Morgan fingerprint density at radius 3 is 2.90 bits per heavy atom. The molecular formula is C21H20Cl2N2O3S2. The Morgan fingerprint density at radius 1 is 1.33 bits per heavy atom. The number of H-pyrrole nitrogens is 1. The van der Waals surface area contributed by atoms with Crippen molar-refractivity contribution < 1.29 is 14.3 Å². The maximum Gasteiger partial charge on any atom is 0.306 e. The molecule has 0 bridgehead atoms. The van der Waals surface area contributed by atoms with Gasteiger partial charge in [0, 0.05) is 23.5 Å². The second-order valence-corrected chi connectivity index (χ2v) is 10.3. The fourth-order valence-electron chi connectivity index (χ4n) is 3.79. The van der Waals surface area contributed by atoms with E-state index in [-0.39, 0.29) is 23.8 Å². The number of aromatic nitrogens is 1. The van der Waals surface area contributed by atoms with Crippen LogP contribution in [0.3, 0.4) is 0 Å². The molecule has 0 saturated carbocycles. The lowest BCUT2D eigenvalue weighted by Crippen LogP contribution is -2.38. The van der Waals surface area contributed by atoms with Crippen LogP contribution >= 0.6 is 46.3 Å². The van der Waals surface area contributed by atoms with E-state index in [0.29, 0.717) is 32.7 Å². The first-order chi connectivity index (χ1) is 14.5. The number of hydrogen-bond donors (Lipinski definition) is 2. The van der Waals surface area contributed by atoms with Gasteiger partial charge in [0.05, 0.1) is 28.8 Å². The number of thiophene rings is 1. The number of thioether (sulfide) groups is 1. The van der Waals surface area contributed by atoms with Gasteiger partial charge < -0.3 is 15.0 Å². The summed E-state index contributed by atoms with van der Waals surface area (Å²) in [5.41, 5.74) is 3.68. The van der Waals surface area contributed by atoms with E-state index >= 15 is 0 Å². The number of esters is 1. The normalized spacial score (nSPS) is 17.8. The second kappa shape index (κ2) is 9.22. The summed E-state index contributed by atoms with van der Waals surface area (Å²) in [5.74, 6) is 1.33. The quantitative estimate of drug-likeness (QED) is 0.355. The van der Waals surface area contributed by atoms with Crippen molar-refractivity contribution in [3.05, 3.63) is 56.5 Å². The largest absolute Gasteiger partial charge is 0.469 e. The number of methoxy groups -OCH3 is 1. The minimum absolute atomic E-state index is 0.0130. The monoisotopic (exact) mass is 482 g/mol. The predicted molar refractivity (Wildman–Crippen MR) is 124 cm³/mol. The maximum absolute atomic E-state index is 12.9. The van der Waals surface area contributed by atoms with Crippen LogP contribution in [0.2, 0.25) is 9.36 Å². The summed E-state index contributed by atoms with van der Waals surface area (Å²) in [6, 6.07) is 10.1. The zero-order valence-corrected chi connectivity index (χ0v) is 19.3. The van der Waals surface area contributed by atoms with E-state index in [1.54, 1.807) is 17.8 Å². The topological polar surface area (TPSA) is 71.2 Å². The summed E-state index contributed by atoms with van der Waals surface area (Å²) in [6.07, 6.45) is 1.17. The summed E-state index contributed by atoms with van der Waals surface area (Å²) in [5, 5.41) is 3.64. The van der Waals surface area contributed by atoms with Crippen LogP contribution in [0.25, 0.3) is 10.2 Å². The van der Waals surface area contributed by atoms with E-state index in [1.807, 2.05) is 12.1 Å². The molecule has 0 spiro atoms. The minimum atomic E-state index is -0.204. The molecule has 2 atom stereocenters. The SMILES string of the molecule is COC(=O)CCSC[C@@H]1c2ccccc2CC1NC(=O)c1cc2sc(Cl)c(Cl)c2[nH]1. The molecule has 5 nitrogen and oxygen atoms in total. The zero-order valence-electron chi connectivity index (χ0n) is 16.2. The third-order valence-electron chi connectivity index (χ3n) is 5.29. The Hall–Kier alpha value is -1.67. The number of nitrogens with one attached hydrogen (secondary N) is 2. The van der Waals surface area contributed by atoms with Crippen molar-refractivity contribution >= 4 is 68.4 Å². The van der Waals surface area contributed by atoms with Gasteiger partial charge >= 0.3 is 5.97 Å². The highest BCUT2D eigenvalue weighted by Crippen LogP contribution is 2.39. The second-order valence-electron chi connectivity index (χ2n) is 7.10. The van der Waals surface area contributed by atoms with Gasteiger partial charge in [0.25, 0.3) is 5.91 Å². The summed E-state index contributed by atoms with van der Waals surface area (Å²) in [6.45, 7) is 0. The molecule has 9 heteroatoms. The predicted octanol–water partition coefficient (Wildman–Crippen LogP) is 5.27. The van der Waals surface area contributed by atoms with Crippen LogP contribution in [-0.4, -0.2) is 41.5 Å². The molecule has 1 aliphatic rings. The summed E-state index contributed by atoms with van der Waals surface area (Å²) in [4.78, 5) is 27.4. The molecule has 2 aromatic heterocycles. The molecule has 3 aromatic rings. The van der Waals surface area contributed by atoms with E-state index in [4.69, 9.17) is 27.9 Å². The van der Waals surface area contributed by atoms with E-state index < -0.39 is 0 Å². The minimum Gasteiger partial charge on any atom is -0.469 e. The lowest BCUT2D eigenvalue weighted by Gasteiger charge is -2.21. The fourth-order valence-corrected chi connectivity index (χ4v) is 6.42. The molecule has 0 aliphatic heterocycles. The third-order valence-corrected chi connectivity index (χ3v) is 8.31. The number of ether oxygens (including phenoxy) is 1. The molecule has 1 aliphatic carbocycles. The number of halogens is 2. The Balaban J connectivity index is 1.46. The molecule has 0 fully saturated rings.